The Bertz CT molecular complexity index is 135. The first-order valence-corrected chi connectivity index (χ1v) is 3.59. The average Bonchev–Trinajstić information content (AvgIpc) is 1.78. The molecule has 1 aliphatic heterocycles. The quantitative estimate of drug-likeness (QED) is 0.439. The monoisotopic (exact) mass is 206 g/mol. The van der Waals surface area contributed by atoms with Crippen LogP contribution in [-0.2, 0) is 4.74 Å². The summed E-state index contributed by atoms with van der Waals surface area (Å²) < 4.78 is 1.94. The molecule has 0 radical (unpaired) electrons. The predicted octanol–water partition coefficient (Wildman–Crippen LogP) is 2.84. The summed E-state index contributed by atoms with van der Waals surface area (Å²) in [6, 6.07) is 0. The molecule has 0 bridgehead atoms. The summed E-state index contributed by atoms with van der Waals surface area (Å²) in [6.45, 7) is 0. The van der Waals surface area contributed by atoms with Gasteiger partial charge in [-0.15, -0.1) is 0 Å². The van der Waals surface area contributed by atoms with Gasteiger partial charge in [0.15, 0.2) is 0 Å². The van der Waals surface area contributed by atoms with Crippen LogP contribution in [0.2, 0.25) is 0 Å². The molecular formula is C4H2Cl4O. The molecule has 0 aromatic heterocycles. The molecule has 0 atom stereocenters. The summed E-state index contributed by atoms with van der Waals surface area (Å²) in [6.07, 6.45) is 2.74. The predicted molar refractivity (Wildman–Crippen MR) is 39.1 cm³/mol. The van der Waals surface area contributed by atoms with Crippen molar-refractivity contribution in [2.24, 2.45) is 0 Å². The van der Waals surface area contributed by atoms with Crippen LogP contribution in [-0.4, -0.2) is 9.04 Å². The molecule has 9 heavy (non-hydrogen) atoms. The van der Waals surface area contributed by atoms with Crippen molar-refractivity contribution in [3.05, 3.63) is 12.2 Å². The van der Waals surface area contributed by atoms with Gasteiger partial charge < -0.3 is 4.74 Å². The number of ether oxygens (including phenoxy) is 1. The Labute approximate surface area is 72.5 Å². The van der Waals surface area contributed by atoms with Gasteiger partial charge in [0.2, 0.25) is 9.04 Å². The number of hydrogen-bond acceptors (Lipinski definition) is 1. The topological polar surface area (TPSA) is 9.23 Å². The van der Waals surface area contributed by atoms with Gasteiger partial charge in [-0.1, -0.05) is 46.4 Å². The van der Waals surface area contributed by atoms with Crippen molar-refractivity contribution >= 4 is 46.4 Å². The van der Waals surface area contributed by atoms with Crippen molar-refractivity contribution in [3.63, 3.8) is 0 Å². The molecule has 1 aliphatic rings. The standard InChI is InChI=1S/C4H2Cl4O/c5-3(6)1-2-4(7,8)9-3/h1-2H. The Morgan fingerprint density at radius 3 is 1.33 bits per heavy atom. The maximum absolute atomic E-state index is 5.44. The lowest BCUT2D eigenvalue weighted by Gasteiger charge is -2.15. The van der Waals surface area contributed by atoms with Crippen LogP contribution in [0.15, 0.2) is 12.2 Å². The van der Waals surface area contributed by atoms with Gasteiger partial charge in [0.1, 0.15) is 0 Å². The van der Waals surface area contributed by atoms with Crippen molar-refractivity contribution < 1.29 is 4.74 Å². The highest BCUT2D eigenvalue weighted by Crippen LogP contribution is 2.42. The van der Waals surface area contributed by atoms with Gasteiger partial charge in [-0.3, -0.25) is 0 Å². The van der Waals surface area contributed by atoms with Gasteiger partial charge in [-0.2, -0.15) is 0 Å². The average molecular weight is 208 g/mol. The van der Waals surface area contributed by atoms with Gasteiger partial charge in [-0.25, -0.2) is 0 Å². The minimum Gasteiger partial charge on any atom is -0.303 e. The summed E-state index contributed by atoms with van der Waals surface area (Å²) in [5.74, 6) is 0. The zero-order valence-electron chi connectivity index (χ0n) is 4.07. The Morgan fingerprint density at radius 2 is 1.22 bits per heavy atom. The SMILES string of the molecule is ClC1(Cl)C=CC(Cl)(Cl)O1. The molecule has 0 fully saturated rings. The van der Waals surface area contributed by atoms with E-state index in [9.17, 15) is 0 Å². The van der Waals surface area contributed by atoms with Crippen LogP contribution in [0.1, 0.15) is 0 Å². The van der Waals surface area contributed by atoms with E-state index >= 15 is 0 Å². The molecule has 1 rings (SSSR count). The maximum atomic E-state index is 5.44. The van der Waals surface area contributed by atoms with Crippen molar-refractivity contribution in [1.82, 2.24) is 0 Å². The van der Waals surface area contributed by atoms with E-state index in [4.69, 9.17) is 46.4 Å². The van der Waals surface area contributed by atoms with Crippen molar-refractivity contribution in [1.29, 1.82) is 0 Å². The van der Waals surface area contributed by atoms with E-state index in [1.807, 2.05) is 0 Å². The zero-order valence-corrected chi connectivity index (χ0v) is 7.10. The van der Waals surface area contributed by atoms with E-state index in [1.165, 1.54) is 12.2 Å². The van der Waals surface area contributed by atoms with Crippen LogP contribution in [0.5, 0.6) is 0 Å². The Balaban J connectivity index is 2.71. The maximum Gasteiger partial charge on any atom is 0.240 e. The number of hydrogen-bond donors (Lipinski definition) is 0. The molecule has 0 saturated heterocycles. The second kappa shape index (κ2) is 2.18. The Morgan fingerprint density at radius 1 is 0.889 bits per heavy atom. The highest BCUT2D eigenvalue weighted by Gasteiger charge is 2.39. The fraction of sp³-hybridized carbons (Fsp3) is 0.500. The second-order valence-electron chi connectivity index (χ2n) is 1.56. The van der Waals surface area contributed by atoms with Crippen molar-refractivity contribution in [2.45, 2.75) is 9.04 Å². The molecule has 1 heterocycles. The third kappa shape index (κ3) is 2.17. The van der Waals surface area contributed by atoms with E-state index < -0.39 is 9.04 Å². The number of rotatable bonds is 0. The Hall–Kier alpha value is 0.860. The summed E-state index contributed by atoms with van der Waals surface area (Å²) in [7, 11) is 0. The van der Waals surface area contributed by atoms with Gasteiger partial charge in [0.25, 0.3) is 0 Å². The minimum absolute atomic E-state index is 1.37. The highest BCUT2D eigenvalue weighted by atomic mass is 35.5. The molecule has 0 amide bonds. The normalized spacial score (nSPS) is 28.9. The van der Waals surface area contributed by atoms with Crippen molar-refractivity contribution in [3.8, 4) is 0 Å². The largest absolute Gasteiger partial charge is 0.303 e. The number of alkyl halides is 4. The molecule has 0 unspecified atom stereocenters. The third-order valence-corrected chi connectivity index (χ3v) is 1.56. The summed E-state index contributed by atoms with van der Waals surface area (Å²) in [4.78, 5) is 0. The van der Waals surface area contributed by atoms with Crippen LogP contribution in [0.4, 0.5) is 0 Å². The smallest absolute Gasteiger partial charge is 0.240 e. The second-order valence-corrected chi connectivity index (χ2v) is 4.19. The van der Waals surface area contributed by atoms with Crippen molar-refractivity contribution in [2.75, 3.05) is 0 Å². The summed E-state index contributed by atoms with van der Waals surface area (Å²) in [5, 5.41) is 0. The molecule has 0 aromatic rings. The lowest BCUT2D eigenvalue weighted by molar-refractivity contribution is 0.104. The fourth-order valence-electron chi connectivity index (χ4n) is 0.443. The molecule has 1 nitrogen and oxygen atoms in total. The molecule has 52 valence electrons. The van der Waals surface area contributed by atoms with E-state index in [0.717, 1.165) is 0 Å². The van der Waals surface area contributed by atoms with E-state index in [1.54, 1.807) is 0 Å². The lowest BCUT2D eigenvalue weighted by atomic mass is 10.6. The highest BCUT2D eigenvalue weighted by molar-refractivity contribution is 6.53. The van der Waals surface area contributed by atoms with E-state index in [-0.39, 0.29) is 0 Å². The van der Waals surface area contributed by atoms with E-state index in [2.05, 4.69) is 4.74 Å². The van der Waals surface area contributed by atoms with Crippen LogP contribution < -0.4 is 0 Å². The summed E-state index contributed by atoms with van der Waals surface area (Å²) in [5.41, 5.74) is 0. The van der Waals surface area contributed by atoms with Crippen LogP contribution in [0, 0.1) is 0 Å². The van der Waals surface area contributed by atoms with Crippen LogP contribution in [0.25, 0.3) is 0 Å². The molecule has 0 spiro atoms. The number of halogens is 4. The third-order valence-electron chi connectivity index (χ3n) is 0.744. The first-order valence-electron chi connectivity index (χ1n) is 2.07. The Kier molecular flexibility index (Phi) is 1.92. The molecular weight excluding hydrogens is 206 g/mol. The summed E-state index contributed by atoms with van der Waals surface area (Å²) >= 11 is 21.8. The first kappa shape index (κ1) is 7.96. The van der Waals surface area contributed by atoms with Gasteiger partial charge in [-0.05, 0) is 12.2 Å². The minimum atomic E-state index is -1.37. The molecule has 0 N–H and O–H groups in total. The van der Waals surface area contributed by atoms with E-state index in [0.29, 0.717) is 0 Å². The van der Waals surface area contributed by atoms with Gasteiger partial charge in [0, 0.05) is 0 Å². The lowest BCUT2D eigenvalue weighted by Crippen LogP contribution is -2.18. The zero-order chi connectivity index (χ0) is 7.12. The fourth-order valence-corrected chi connectivity index (χ4v) is 1.34. The first-order chi connectivity index (χ1) is 3.91. The molecule has 0 aromatic carbocycles. The molecule has 0 aliphatic carbocycles. The van der Waals surface area contributed by atoms with Gasteiger partial charge >= 0.3 is 0 Å². The van der Waals surface area contributed by atoms with Gasteiger partial charge in [0.05, 0.1) is 0 Å². The van der Waals surface area contributed by atoms with Crippen LogP contribution >= 0.6 is 46.4 Å². The molecule has 5 heteroatoms. The van der Waals surface area contributed by atoms with Crippen LogP contribution in [0.3, 0.4) is 0 Å². The molecule has 0 saturated carbocycles.